The molecule has 0 aliphatic heterocycles. The van der Waals surface area contributed by atoms with E-state index >= 15 is 0 Å². The molecule has 0 aliphatic carbocycles. The summed E-state index contributed by atoms with van der Waals surface area (Å²) in [5.41, 5.74) is 3.23. The van der Waals surface area contributed by atoms with E-state index in [-0.39, 0.29) is 22.7 Å². The maximum atomic E-state index is 12.6. The highest BCUT2D eigenvalue weighted by Crippen LogP contribution is 2.28. The van der Waals surface area contributed by atoms with Crippen molar-refractivity contribution in [3.63, 3.8) is 0 Å². The van der Waals surface area contributed by atoms with Crippen molar-refractivity contribution in [3.8, 4) is 11.5 Å². The fourth-order valence-electron chi connectivity index (χ4n) is 2.04. The average molecular weight is 387 g/mol. The molecule has 2 aromatic carbocycles. The smallest absolute Gasteiger partial charge is 0.387 e. The van der Waals surface area contributed by atoms with Gasteiger partial charge in [0, 0.05) is 23.8 Å². The molecular weight excluding hydrogens is 374 g/mol. The molecule has 0 unspecified atom stereocenters. The molecule has 0 saturated carbocycles. The van der Waals surface area contributed by atoms with Crippen molar-refractivity contribution in [2.75, 3.05) is 5.43 Å². The summed E-state index contributed by atoms with van der Waals surface area (Å²) < 4.78 is 58.2. The minimum absolute atomic E-state index is 0.108. The molecule has 2 rings (SSSR count). The van der Waals surface area contributed by atoms with E-state index in [0.717, 1.165) is 12.1 Å². The zero-order chi connectivity index (χ0) is 20.0. The summed E-state index contributed by atoms with van der Waals surface area (Å²) in [6.45, 7) is -4.82. The number of rotatable bonds is 8. The number of hydrogen-bond donors (Lipinski definition) is 1. The Morgan fingerprint density at radius 1 is 1.07 bits per heavy atom. The van der Waals surface area contributed by atoms with E-state index in [2.05, 4.69) is 20.0 Å². The number of non-ortho nitro benzene ring substituents is 1. The molecule has 0 atom stereocenters. The average Bonchev–Trinajstić information content (AvgIpc) is 2.59. The van der Waals surface area contributed by atoms with Crippen LogP contribution < -0.4 is 14.9 Å². The third kappa shape index (κ3) is 5.83. The Morgan fingerprint density at radius 2 is 1.70 bits per heavy atom. The van der Waals surface area contributed by atoms with E-state index in [1.807, 2.05) is 0 Å². The third-order valence-corrected chi connectivity index (χ3v) is 3.21. The molecule has 0 aromatic heterocycles. The molecule has 0 radical (unpaired) electrons. The van der Waals surface area contributed by atoms with Gasteiger partial charge in [-0.2, -0.15) is 22.7 Å². The molecule has 0 amide bonds. The van der Waals surface area contributed by atoms with Crippen LogP contribution in [-0.2, 0) is 0 Å². The number of nitrogens with one attached hydrogen (secondary N) is 1. The Morgan fingerprint density at radius 3 is 2.26 bits per heavy atom. The summed E-state index contributed by atoms with van der Waals surface area (Å²) in [5, 5.41) is 14.6. The monoisotopic (exact) mass is 387 g/mol. The highest BCUT2D eigenvalue weighted by atomic mass is 19.3. The molecule has 144 valence electrons. The fourth-order valence-corrected chi connectivity index (χ4v) is 2.04. The van der Waals surface area contributed by atoms with Crippen molar-refractivity contribution in [1.29, 1.82) is 0 Å². The van der Waals surface area contributed by atoms with Crippen LogP contribution >= 0.6 is 0 Å². The number of hydrogen-bond acceptors (Lipinski definition) is 6. The van der Waals surface area contributed by atoms with Crippen molar-refractivity contribution in [1.82, 2.24) is 0 Å². The molecular formula is C16H13F4N3O4. The molecule has 0 heterocycles. The zero-order valence-electron chi connectivity index (χ0n) is 13.7. The Kier molecular flexibility index (Phi) is 6.52. The normalized spacial score (nSPS) is 11.6. The minimum Gasteiger partial charge on any atom is -0.435 e. The van der Waals surface area contributed by atoms with Gasteiger partial charge < -0.3 is 9.47 Å². The highest BCUT2D eigenvalue weighted by molar-refractivity contribution is 6.01. The van der Waals surface area contributed by atoms with Crippen molar-refractivity contribution < 1.29 is 32.0 Å². The second-order valence-electron chi connectivity index (χ2n) is 5.03. The molecule has 0 fully saturated rings. The van der Waals surface area contributed by atoms with Gasteiger partial charge in [0.25, 0.3) is 5.69 Å². The van der Waals surface area contributed by atoms with Crippen LogP contribution in [0.4, 0.5) is 28.9 Å². The van der Waals surface area contributed by atoms with E-state index in [1.54, 1.807) is 0 Å². The van der Waals surface area contributed by atoms with Crippen LogP contribution in [0.3, 0.4) is 0 Å². The number of alkyl halides is 4. The lowest BCUT2D eigenvalue weighted by molar-refractivity contribution is -0.384. The Bertz CT molecular complexity index is 829. The van der Waals surface area contributed by atoms with Crippen LogP contribution in [0.5, 0.6) is 11.5 Å². The molecule has 7 nitrogen and oxygen atoms in total. The summed E-state index contributed by atoms with van der Waals surface area (Å²) in [5.74, 6) is -0.740. The second-order valence-corrected chi connectivity index (χ2v) is 5.03. The van der Waals surface area contributed by atoms with Crippen LogP contribution in [0.2, 0.25) is 0 Å². The molecule has 0 bridgehead atoms. The molecule has 2 aromatic rings. The molecule has 1 N–H and O–H groups in total. The van der Waals surface area contributed by atoms with Crippen LogP contribution in [0.15, 0.2) is 47.6 Å². The van der Waals surface area contributed by atoms with Gasteiger partial charge in [0.05, 0.1) is 16.3 Å². The zero-order valence-corrected chi connectivity index (χ0v) is 13.7. The summed E-state index contributed by atoms with van der Waals surface area (Å²) in [6.07, 6.45) is 0. The van der Waals surface area contributed by atoms with Crippen molar-refractivity contribution >= 4 is 17.1 Å². The number of hydrazone groups is 1. The van der Waals surface area contributed by atoms with E-state index in [9.17, 15) is 27.7 Å². The van der Waals surface area contributed by atoms with Gasteiger partial charge in [0.2, 0.25) is 0 Å². The lowest BCUT2D eigenvalue weighted by Crippen LogP contribution is -2.09. The molecule has 0 saturated heterocycles. The fraction of sp³-hybridized carbons (Fsp3) is 0.188. The lowest BCUT2D eigenvalue weighted by Gasteiger charge is -2.13. The Hall–Kier alpha value is -3.37. The lowest BCUT2D eigenvalue weighted by atomic mass is 10.1. The Balaban J connectivity index is 2.23. The number of nitro groups is 1. The van der Waals surface area contributed by atoms with Crippen LogP contribution in [0.25, 0.3) is 0 Å². The van der Waals surface area contributed by atoms with E-state index in [0.29, 0.717) is 5.69 Å². The summed E-state index contributed by atoms with van der Waals surface area (Å²) in [4.78, 5) is 10.0. The predicted octanol–water partition coefficient (Wildman–Crippen LogP) is 4.63. The third-order valence-electron chi connectivity index (χ3n) is 3.21. The van der Waals surface area contributed by atoms with Crippen LogP contribution in [0.1, 0.15) is 12.5 Å². The van der Waals surface area contributed by atoms with Gasteiger partial charge in [0.15, 0.2) is 0 Å². The standard InChI is InChI=1S/C16H13F4N3O4/c1-9(21-22-10-2-4-11(5-3-10)23(24)25)13-7-6-12(26-15(17)18)8-14(13)27-16(19)20/h2-8,15-16,22H,1H3. The maximum Gasteiger partial charge on any atom is 0.387 e. The molecule has 27 heavy (non-hydrogen) atoms. The first-order valence-electron chi connectivity index (χ1n) is 7.35. The maximum absolute atomic E-state index is 12.6. The highest BCUT2D eigenvalue weighted by Gasteiger charge is 2.15. The first-order chi connectivity index (χ1) is 12.8. The van der Waals surface area contributed by atoms with E-state index in [1.165, 1.54) is 37.3 Å². The first kappa shape index (κ1) is 19.9. The number of benzene rings is 2. The van der Waals surface area contributed by atoms with Gasteiger partial charge in [-0.05, 0) is 31.2 Å². The van der Waals surface area contributed by atoms with Gasteiger partial charge in [-0.1, -0.05) is 0 Å². The largest absolute Gasteiger partial charge is 0.435 e. The van der Waals surface area contributed by atoms with Crippen LogP contribution in [0, 0.1) is 10.1 Å². The molecule has 0 spiro atoms. The topological polar surface area (TPSA) is 86.0 Å². The van der Waals surface area contributed by atoms with Gasteiger partial charge in [-0.3, -0.25) is 15.5 Å². The van der Waals surface area contributed by atoms with Gasteiger partial charge in [-0.15, -0.1) is 0 Å². The van der Waals surface area contributed by atoms with Crippen molar-refractivity contribution in [2.24, 2.45) is 5.10 Å². The van der Waals surface area contributed by atoms with E-state index < -0.39 is 23.9 Å². The quantitative estimate of drug-likeness (QED) is 0.309. The molecule has 0 aliphatic rings. The Labute approximate surface area is 150 Å². The number of nitrogens with zero attached hydrogens (tertiary/aromatic N) is 2. The minimum atomic E-state index is -3.18. The summed E-state index contributed by atoms with van der Waals surface area (Å²) >= 11 is 0. The van der Waals surface area contributed by atoms with E-state index in [4.69, 9.17) is 0 Å². The number of nitro benzene ring substituents is 1. The van der Waals surface area contributed by atoms with Crippen LogP contribution in [-0.4, -0.2) is 23.9 Å². The SMILES string of the molecule is CC(=NNc1ccc([N+](=O)[O-])cc1)c1ccc(OC(F)F)cc1OC(F)F. The summed E-state index contributed by atoms with van der Waals surface area (Å²) in [7, 11) is 0. The molecule has 11 heteroatoms. The van der Waals surface area contributed by atoms with Gasteiger partial charge in [0.1, 0.15) is 11.5 Å². The number of halogens is 4. The van der Waals surface area contributed by atoms with Crippen molar-refractivity contribution in [3.05, 3.63) is 58.1 Å². The number of ether oxygens (including phenoxy) is 2. The first-order valence-corrected chi connectivity index (χ1v) is 7.35. The second kappa shape index (κ2) is 8.83. The number of anilines is 1. The summed E-state index contributed by atoms with van der Waals surface area (Å²) in [6, 6.07) is 8.63. The van der Waals surface area contributed by atoms with Gasteiger partial charge in [-0.25, -0.2) is 0 Å². The van der Waals surface area contributed by atoms with Crippen molar-refractivity contribution in [2.45, 2.75) is 20.1 Å². The predicted molar refractivity (Wildman–Crippen MR) is 88.6 cm³/mol. The van der Waals surface area contributed by atoms with Gasteiger partial charge >= 0.3 is 13.2 Å².